The van der Waals surface area contributed by atoms with E-state index in [4.69, 9.17) is 4.74 Å². The molecule has 0 unspecified atom stereocenters. The molecule has 0 aliphatic rings. The highest BCUT2D eigenvalue weighted by molar-refractivity contribution is 5.44. The Morgan fingerprint density at radius 2 is 1.50 bits per heavy atom. The van der Waals surface area contributed by atoms with Crippen LogP contribution in [0.4, 0.5) is 0 Å². The van der Waals surface area contributed by atoms with E-state index in [1.165, 1.54) is 0 Å². The van der Waals surface area contributed by atoms with Crippen LogP contribution in [0, 0.1) is 13.8 Å². The number of hydrogen-bond acceptors (Lipinski definition) is 2. The van der Waals surface area contributed by atoms with Gasteiger partial charge in [0.25, 0.3) is 0 Å². The van der Waals surface area contributed by atoms with E-state index < -0.39 is 0 Å². The monoisotopic (exact) mass is 194 g/mol. The molecule has 1 aromatic rings. The lowest BCUT2D eigenvalue weighted by Crippen LogP contribution is -2.23. The molecule has 1 rings (SSSR count). The van der Waals surface area contributed by atoms with Gasteiger partial charge in [0.2, 0.25) is 0 Å². The molecule has 0 saturated heterocycles. The Balaban J connectivity index is 3.02. The molecule has 0 fully saturated rings. The summed E-state index contributed by atoms with van der Waals surface area (Å²) >= 11 is 0. The number of aryl methyl sites for hydroxylation is 2. The molecule has 0 aliphatic heterocycles. The molecule has 0 bridgehead atoms. The zero-order chi connectivity index (χ0) is 10.9. The van der Waals surface area contributed by atoms with Crippen molar-refractivity contribution in [1.29, 1.82) is 0 Å². The van der Waals surface area contributed by atoms with Gasteiger partial charge in [0.15, 0.2) is 0 Å². The smallest absolute Gasteiger partial charge is 0.121 e. The van der Waals surface area contributed by atoms with Gasteiger partial charge in [-0.25, -0.2) is 0 Å². The lowest BCUT2D eigenvalue weighted by Gasteiger charge is -2.22. The van der Waals surface area contributed by atoms with Crippen LogP contribution in [-0.2, 0) is 0 Å². The van der Waals surface area contributed by atoms with Crippen molar-refractivity contribution in [2.24, 2.45) is 0 Å². The lowest BCUT2D eigenvalue weighted by atomic mass is 10.1. The van der Waals surface area contributed by atoms with Gasteiger partial charge in [-0.2, -0.15) is 0 Å². The number of phenols is 1. The fourth-order valence-electron chi connectivity index (χ4n) is 1.33. The van der Waals surface area contributed by atoms with Crippen molar-refractivity contribution in [3.63, 3.8) is 0 Å². The molecular weight excluding hydrogens is 176 g/mol. The highest BCUT2D eigenvalue weighted by atomic mass is 16.5. The molecule has 0 saturated carbocycles. The summed E-state index contributed by atoms with van der Waals surface area (Å²) in [6, 6.07) is 3.71. The molecule has 0 spiro atoms. The Hall–Kier alpha value is -1.18. The van der Waals surface area contributed by atoms with Gasteiger partial charge in [0, 0.05) is 0 Å². The van der Waals surface area contributed by atoms with Crippen molar-refractivity contribution in [2.45, 2.75) is 40.2 Å². The van der Waals surface area contributed by atoms with E-state index in [9.17, 15) is 5.11 Å². The number of phenolic OH excluding ortho intramolecular Hbond substituents is 1. The Morgan fingerprint density at radius 3 is 1.86 bits per heavy atom. The predicted octanol–water partition coefficient (Wildman–Crippen LogP) is 3.19. The summed E-state index contributed by atoms with van der Waals surface area (Å²) in [5.41, 5.74) is 1.50. The summed E-state index contributed by atoms with van der Waals surface area (Å²) in [5, 5.41) is 9.57. The maximum Gasteiger partial charge on any atom is 0.121 e. The Kier molecular flexibility index (Phi) is 2.74. The molecule has 0 aromatic heterocycles. The highest BCUT2D eigenvalue weighted by Gasteiger charge is 2.13. The minimum atomic E-state index is -0.199. The first-order valence-electron chi connectivity index (χ1n) is 4.79. The molecular formula is C12H18O2. The fourth-order valence-corrected chi connectivity index (χ4v) is 1.33. The summed E-state index contributed by atoms with van der Waals surface area (Å²) in [6.07, 6.45) is 0. The van der Waals surface area contributed by atoms with Crippen molar-refractivity contribution >= 4 is 0 Å². The average Bonchev–Trinajstić information content (AvgIpc) is 1.96. The Bertz CT molecular complexity index is 312. The van der Waals surface area contributed by atoms with E-state index in [2.05, 4.69) is 0 Å². The summed E-state index contributed by atoms with van der Waals surface area (Å²) in [7, 11) is 0. The van der Waals surface area contributed by atoms with Crippen LogP contribution in [0.1, 0.15) is 31.9 Å². The van der Waals surface area contributed by atoms with Gasteiger partial charge in [0.1, 0.15) is 17.1 Å². The first-order valence-corrected chi connectivity index (χ1v) is 4.79. The van der Waals surface area contributed by atoms with Gasteiger partial charge in [-0.15, -0.1) is 0 Å². The van der Waals surface area contributed by atoms with Crippen molar-refractivity contribution in [2.75, 3.05) is 0 Å². The van der Waals surface area contributed by atoms with Crippen molar-refractivity contribution in [3.8, 4) is 11.5 Å². The largest absolute Gasteiger partial charge is 0.507 e. The third kappa shape index (κ3) is 2.66. The van der Waals surface area contributed by atoms with E-state index in [1.807, 2.05) is 46.8 Å². The van der Waals surface area contributed by atoms with Gasteiger partial charge in [0.05, 0.1) is 0 Å². The summed E-state index contributed by atoms with van der Waals surface area (Å²) in [5.74, 6) is 1.16. The first-order chi connectivity index (χ1) is 6.29. The van der Waals surface area contributed by atoms with Crippen LogP contribution in [0.5, 0.6) is 11.5 Å². The quantitative estimate of drug-likeness (QED) is 0.744. The highest BCUT2D eigenvalue weighted by Crippen LogP contribution is 2.28. The molecule has 14 heavy (non-hydrogen) atoms. The minimum Gasteiger partial charge on any atom is -0.507 e. The summed E-state index contributed by atoms with van der Waals surface area (Å²) < 4.78 is 5.71. The van der Waals surface area contributed by atoms with E-state index in [1.54, 1.807) is 0 Å². The number of hydrogen-bond donors (Lipinski definition) is 1. The third-order valence-electron chi connectivity index (χ3n) is 1.89. The van der Waals surface area contributed by atoms with Crippen molar-refractivity contribution < 1.29 is 9.84 Å². The van der Waals surface area contributed by atoms with E-state index >= 15 is 0 Å². The predicted molar refractivity (Wildman–Crippen MR) is 58.0 cm³/mol. The van der Waals surface area contributed by atoms with Crippen LogP contribution >= 0.6 is 0 Å². The molecule has 78 valence electrons. The molecule has 0 aliphatic carbocycles. The van der Waals surface area contributed by atoms with Gasteiger partial charge < -0.3 is 9.84 Å². The lowest BCUT2D eigenvalue weighted by molar-refractivity contribution is 0.130. The van der Waals surface area contributed by atoms with Crippen LogP contribution < -0.4 is 4.74 Å². The summed E-state index contributed by atoms with van der Waals surface area (Å²) in [4.78, 5) is 0. The molecule has 0 atom stereocenters. The van der Waals surface area contributed by atoms with Gasteiger partial charge in [-0.1, -0.05) is 0 Å². The van der Waals surface area contributed by atoms with Crippen LogP contribution in [0.2, 0.25) is 0 Å². The number of ether oxygens (including phenoxy) is 1. The van der Waals surface area contributed by atoms with E-state index in [-0.39, 0.29) is 5.60 Å². The van der Waals surface area contributed by atoms with Crippen molar-refractivity contribution in [1.82, 2.24) is 0 Å². The number of aromatic hydroxyl groups is 1. The fraction of sp³-hybridized carbons (Fsp3) is 0.500. The van der Waals surface area contributed by atoms with Gasteiger partial charge >= 0.3 is 0 Å². The molecule has 0 amide bonds. The number of rotatable bonds is 1. The summed E-state index contributed by atoms with van der Waals surface area (Å²) in [6.45, 7) is 9.76. The molecule has 2 nitrogen and oxygen atoms in total. The van der Waals surface area contributed by atoms with E-state index in [0.29, 0.717) is 5.75 Å². The van der Waals surface area contributed by atoms with Crippen LogP contribution in [-0.4, -0.2) is 10.7 Å². The Labute approximate surface area is 85.5 Å². The topological polar surface area (TPSA) is 29.5 Å². The molecule has 0 radical (unpaired) electrons. The zero-order valence-corrected chi connectivity index (χ0v) is 9.51. The Morgan fingerprint density at radius 1 is 1.07 bits per heavy atom. The molecule has 1 N–H and O–H groups in total. The second-order valence-corrected chi connectivity index (χ2v) is 4.62. The van der Waals surface area contributed by atoms with Crippen LogP contribution in [0.25, 0.3) is 0 Å². The maximum absolute atomic E-state index is 9.57. The SMILES string of the molecule is Cc1cc(OC(C)(C)C)cc(C)c1O. The van der Waals surface area contributed by atoms with Gasteiger partial charge in [-0.05, 0) is 57.9 Å². The minimum absolute atomic E-state index is 0.199. The van der Waals surface area contributed by atoms with Gasteiger partial charge in [-0.3, -0.25) is 0 Å². The van der Waals surface area contributed by atoms with Crippen molar-refractivity contribution in [3.05, 3.63) is 23.3 Å². The van der Waals surface area contributed by atoms with Crippen LogP contribution in [0.3, 0.4) is 0 Å². The second kappa shape index (κ2) is 3.52. The zero-order valence-electron chi connectivity index (χ0n) is 9.51. The normalized spacial score (nSPS) is 11.5. The molecule has 0 heterocycles. The van der Waals surface area contributed by atoms with E-state index in [0.717, 1.165) is 16.9 Å². The first kappa shape index (κ1) is 10.9. The average molecular weight is 194 g/mol. The standard InChI is InChI=1S/C12H18O2/c1-8-6-10(14-12(3,4)5)7-9(2)11(8)13/h6-7,13H,1-5H3. The third-order valence-corrected chi connectivity index (χ3v) is 1.89. The molecule has 1 aromatic carbocycles. The second-order valence-electron chi connectivity index (χ2n) is 4.62. The molecule has 2 heteroatoms. The number of benzene rings is 1. The maximum atomic E-state index is 9.57. The van der Waals surface area contributed by atoms with Crippen LogP contribution in [0.15, 0.2) is 12.1 Å².